The van der Waals surface area contributed by atoms with Crippen LogP contribution >= 0.6 is 0 Å². The Hall–Kier alpha value is -2.15. The van der Waals surface area contributed by atoms with E-state index in [1.807, 2.05) is 13.8 Å². The molecule has 2 N–H and O–H groups in total. The average molecular weight is 374 g/mol. The lowest BCUT2D eigenvalue weighted by Crippen LogP contribution is -2.46. The van der Waals surface area contributed by atoms with Crippen molar-refractivity contribution in [2.45, 2.75) is 58.7 Å². The Labute approximate surface area is 161 Å². The molecule has 0 unspecified atom stereocenters. The highest BCUT2D eigenvalue weighted by Gasteiger charge is 2.30. The number of nitrogens with zero attached hydrogens (tertiary/aromatic N) is 3. The topological polar surface area (TPSA) is 79.3 Å². The Morgan fingerprint density at radius 1 is 1.30 bits per heavy atom. The molecule has 3 rings (SSSR count). The highest BCUT2D eigenvalue weighted by Crippen LogP contribution is 2.30. The summed E-state index contributed by atoms with van der Waals surface area (Å²) in [6.07, 6.45) is 6.07. The molecule has 1 aliphatic heterocycles. The van der Waals surface area contributed by atoms with Crippen molar-refractivity contribution in [3.8, 4) is 0 Å². The number of imidazole rings is 1. The van der Waals surface area contributed by atoms with E-state index in [-0.39, 0.29) is 11.8 Å². The van der Waals surface area contributed by atoms with E-state index in [9.17, 15) is 9.59 Å². The maximum atomic E-state index is 13.1. The maximum absolute atomic E-state index is 13.1. The van der Waals surface area contributed by atoms with Gasteiger partial charge >= 0.3 is 0 Å². The van der Waals surface area contributed by atoms with Crippen LogP contribution in [0.25, 0.3) is 5.57 Å². The predicted molar refractivity (Wildman–Crippen MR) is 105 cm³/mol. The van der Waals surface area contributed by atoms with Crippen LogP contribution in [0.5, 0.6) is 0 Å². The smallest absolute Gasteiger partial charge is 0.272 e. The molecule has 27 heavy (non-hydrogen) atoms. The molecule has 0 bridgehead atoms. The second-order valence-corrected chi connectivity index (χ2v) is 8.01. The summed E-state index contributed by atoms with van der Waals surface area (Å²) in [4.78, 5) is 32.2. The van der Waals surface area contributed by atoms with Gasteiger partial charge in [0.15, 0.2) is 5.69 Å². The van der Waals surface area contributed by atoms with E-state index in [2.05, 4.69) is 33.2 Å². The van der Waals surface area contributed by atoms with Gasteiger partial charge in [-0.25, -0.2) is 4.98 Å². The molecule has 0 saturated carbocycles. The molecule has 148 valence electrons. The van der Waals surface area contributed by atoms with Gasteiger partial charge in [0.1, 0.15) is 11.9 Å². The fourth-order valence-electron chi connectivity index (χ4n) is 3.90. The predicted octanol–water partition coefficient (Wildman–Crippen LogP) is 1.79. The zero-order valence-corrected chi connectivity index (χ0v) is 16.8. The van der Waals surface area contributed by atoms with Crippen LogP contribution in [0, 0.1) is 5.92 Å². The van der Waals surface area contributed by atoms with Crippen LogP contribution in [0.2, 0.25) is 0 Å². The summed E-state index contributed by atoms with van der Waals surface area (Å²) >= 11 is 0. The first-order chi connectivity index (χ1) is 12.9. The number of aromatic nitrogens is 2. The van der Waals surface area contributed by atoms with Crippen molar-refractivity contribution in [3.05, 3.63) is 23.3 Å². The van der Waals surface area contributed by atoms with E-state index in [0.717, 1.165) is 43.9 Å². The van der Waals surface area contributed by atoms with Crippen molar-refractivity contribution < 1.29 is 9.59 Å². The summed E-state index contributed by atoms with van der Waals surface area (Å²) < 4.78 is 2.20. The van der Waals surface area contributed by atoms with Crippen molar-refractivity contribution in [2.75, 3.05) is 20.6 Å². The van der Waals surface area contributed by atoms with E-state index in [4.69, 9.17) is 4.98 Å². The van der Waals surface area contributed by atoms with Crippen molar-refractivity contribution in [1.82, 2.24) is 25.1 Å². The van der Waals surface area contributed by atoms with Gasteiger partial charge in [-0.2, -0.15) is 0 Å². The normalized spacial score (nSPS) is 18.2. The van der Waals surface area contributed by atoms with E-state index < -0.39 is 6.04 Å². The average Bonchev–Trinajstić information content (AvgIpc) is 3.27. The summed E-state index contributed by atoms with van der Waals surface area (Å²) in [5.41, 5.74) is 2.65. The molecule has 0 radical (unpaired) electrons. The third-order valence-corrected chi connectivity index (χ3v) is 5.32. The molecule has 2 heterocycles. The molecule has 7 nitrogen and oxygen atoms in total. The molecule has 1 atom stereocenters. The number of likely N-dealkylation sites (N-methyl/N-ethyl adjacent to an activating group) is 2. The van der Waals surface area contributed by atoms with Crippen LogP contribution < -0.4 is 10.6 Å². The van der Waals surface area contributed by atoms with Crippen LogP contribution in [0.15, 0.2) is 6.08 Å². The first kappa shape index (κ1) is 19.6. The monoisotopic (exact) mass is 373 g/mol. The Kier molecular flexibility index (Phi) is 5.99. The van der Waals surface area contributed by atoms with E-state index >= 15 is 0 Å². The number of allylic oxidation sites excluding steroid dienone is 2. The molecule has 0 spiro atoms. The quantitative estimate of drug-likeness (QED) is 0.797. The number of carbonyl (C=O) groups excluding carboxylic acids is 2. The van der Waals surface area contributed by atoms with Crippen LogP contribution in [-0.4, -0.2) is 52.9 Å². The minimum Gasteiger partial charge on any atom is -0.357 e. The summed E-state index contributed by atoms with van der Waals surface area (Å²) in [6, 6.07) is -0.546. The van der Waals surface area contributed by atoms with E-state index in [0.29, 0.717) is 24.6 Å². The highest BCUT2D eigenvalue weighted by atomic mass is 16.2. The van der Waals surface area contributed by atoms with Crippen LogP contribution in [0.3, 0.4) is 0 Å². The summed E-state index contributed by atoms with van der Waals surface area (Å²) in [7, 11) is 3.65. The third kappa shape index (κ3) is 4.24. The SMILES string of the molecule is CNC(=O)[C@H](CC(C)C)NC(=O)c1nc(C2=CCCC2)n2c1CN(C)CC2. The first-order valence-corrected chi connectivity index (χ1v) is 9.90. The minimum absolute atomic E-state index is 0.166. The molecule has 1 aromatic heterocycles. The molecule has 1 aromatic rings. The lowest BCUT2D eigenvalue weighted by Gasteiger charge is -2.26. The summed E-state index contributed by atoms with van der Waals surface area (Å²) in [5.74, 6) is 0.809. The summed E-state index contributed by atoms with van der Waals surface area (Å²) in [5, 5.41) is 5.57. The highest BCUT2D eigenvalue weighted by molar-refractivity contribution is 5.97. The number of nitrogens with one attached hydrogen (secondary N) is 2. The maximum Gasteiger partial charge on any atom is 0.272 e. The van der Waals surface area contributed by atoms with Gasteiger partial charge in [-0.15, -0.1) is 0 Å². The zero-order valence-electron chi connectivity index (χ0n) is 16.8. The number of hydrogen-bond donors (Lipinski definition) is 2. The number of rotatable bonds is 6. The lowest BCUT2D eigenvalue weighted by atomic mass is 10.0. The fourth-order valence-corrected chi connectivity index (χ4v) is 3.90. The van der Waals surface area contributed by atoms with Crippen LogP contribution in [-0.2, 0) is 17.9 Å². The van der Waals surface area contributed by atoms with Crippen molar-refractivity contribution in [1.29, 1.82) is 0 Å². The van der Waals surface area contributed by atoms with E-state index in [1.165, 1.54) is 5.57 Å². The van der Waals surface area contributed by atoms with E-state index in [1.54, 1.807) is 7.05 Å². The molecule has 2 aliphatic rings. The minimum atomic E-state index is -0.546. The molecule has 7 heteroatoms. The van der Waals surface area contributed by atoms with Gasteiger partial charge in [-0.05, 0) is 44.2 Å². The standard InChI is InChI=1S/C20H31N5O2/c1-13(2)11-15(19(26)21-3)22-20(27)17-16-12-24(4)9-10-25(16)18(23-17)14-7-5-6-8-14/h7,13,15H,5-6,8-12H2,1-4H3,(H,21,26)(H,22,27)/t15-/m0/s1. The molecule has 0 saturated heterocycles. The number of carbonyl (C=O) groups is 2. The lowest BCUT2D eigenvalue weighted by molar-refractivity contribution is -0.122. The molecule has 0 aromatic carbocycles. The third-order valence-electron chi connectivity index (χ3n) is 5.32. The Morgan fingerprint density at radius 2 is 2.07 bits per heavy atom. The van der Waals surface area contributed by atoms with Crippen LogP contribution in [0.4, 0.5) is 0 Å². The van der Waals surface area contributed by atoms with Crippen molar-refractivity contribution in [2.24, 2.45) is 5.92 Å². The first-order valence-electron chi connectivity index (χ1n) is 9.90. The van der Waals surface area contributed by atoms with Gasteiger partial charge in [0.05, 0.1) is 5.69 Å². The largest absolute Gasteiger partial charge is 0.357 e. The van der Waals surface area contributed by atoms with Gasteiger partial charge in [0, 0.05) is 26.7 Å². The van der Waals surface area contributed by atoms with Gasteiger partial charge in [0.25, 0.3) is 5.91 Å². The number of fused-ring (bicyclic) bond motifs is 1. The Morgan fingerprint density at radius 3 is 2.70 bits per heavy atom. The number of hydrogen-bond acceptors (Lipinski definition) is 4. The molecular weight excluding hydrogens is 342 g/mol. The summed E-state index contributed by atoms with van der Waals surface area (Å²) in [6.45, 7) is 6.56. The Bertz CT molecular complexity index is 750. The van der Waals surface area contributed by atoms with Gasteiger partial charge in [-0.1, -0.05) is 19.9 Å². The second kappa shape index (κ2) is 8.25. The van der Waals surface area contributed by atoms with Crippen molar-refractivity contribution in [3.63, 3.8) is 0 Å². The number of amides is 2. The molecule has 0 fully saturated rings. The Balaban J connectivity index is 1.90. The molecular formula is C20H31N5O2. The van der Waals surface area contributed by atoms with Crippen LogP contribution in [0.1, 0.15) is 61.5 Å². The van der Waals surface area contributed by atoms with Gasteiger partial charge in [0.2, 0.25) is 5.91 Å². The molecule has 2 amide bonds. The molecule has 1 aliphatic carbocycles. The van der Waals surface area contributed by atoms with Gasteiger partial charge in [-0.3, -0.25) is 14.5 Å². The fraction of sp³-hybridized carbons (Fsp3) is 0.650. The second-order valence-electron chi connectivity index (χ2n) is 8.01. The van der Waals surface area contributed by atoms with Crippen molar-refractivity contribution >= 4 is 17.4 Å². The zero-order chi connectivity index (χ0) is 19.6. The van der Waals surface area contributed by atoms with Gasteiger partial charge < -0.3 is 15.2 Å².